The number of rotatable bonds is 11. The maximum atomic E-state index is 14.2. The predicted molar refractivity (Wildman–Crippen MR) is 152 cm³/mol. The molecule has 1 aliphatic heterocycles. The quantitative estimate of drug-likeness (QED) is 0.286. The number of methoxy groups -OCH3 is 2. The molecule has 2 atom stereocenters. The number of carbonyl (C=O) groups is 1. The van der Waals surface area contributed by atoms with E-state index in [9.17, 15) is 22.5 Å². The smallest absolute Gasteiger partial charge is 1.00 e. The summed E-state index contributed by atoms with van der Waals surface area (Å²) in [5, 5.41) is 9.80. The van der Waals surface area contributed by atoms with Gasteiger partial charge >= 0.3 is 29.2 Å². The number of aliphatic carboxylic acids is 1. The zero-order valence-electron chi connectivity index (χ0n) is 25.5. The van der Waals surface area contributed by atoms with Crippen LogP contribution in [0.2, 0.25) is 0 Å². The minimum atomic E-state index is -4.50. The molecule has 2 aromatic carbocycles. The minimum absolute atomic E-state index is 0. The van der Waals surface area contributed by atoms with E-state index in [1.165, 1.54) is 58.4 Å². The molecule has 14 heteroatoms. The van der Waals surface area contributed by atoms with Gasteiger partial charge in [0.25, 0.3) is 0 Å². The number of fused-ring (bicyclic) bond motifs is 1. The summed E-state index contributed by atoms with van der Waals surface area (Å²) in [7, 11) is -3.75. The zero-order valence-corrected chi connectivity index (χ0v) is 26.1. The number of aromatic nitrogens is 1. The van der Waals surface area contributed by atoms with Crippen molar-refractivity contribution in [3.05, 3.63) is 76.2 Å². The van der Waals surface area contributed by atoms with Gasteiger partial charge in [0, 0.05) is 23.4 Å². The van der Waals surface area contributed by atoms with Gasteiger partial charge in [-0.3, -0.25) is 14.0 Å². The third-order valence-corrected chi connectivity index (χ3v) is 11.0. The summed E-state index contributed by atoms with van der Waals surface area (Å²) < 4.78 is 56.4. The van der Waals surface area contributed by atoms with Gasteiger partial charge in [-0.05, 0) is 64.1 Å². The molecule has 42 heavy (non-hydrogen) atoms. The Morgan fingerprint density at radius 1 is 1.02 bits per heavy atom. The van der Waals surface area contributed by atoms with Crippen molar-refractivity contribution in [1.82, 2.24) is 4.98 Å². The predicted octanol–water partition coefficient (Wildman–Crippen LogP) is -0.391. The molecule has 2 heterocycles. The Morgan fingerprint density at radius 2 is 1.64 bits per heavy atom. The Hall–Kier alpha value is -3.24. The molecule has 0 spiro atoms. The van der Waals surface area contributed by atoms with Crippen LogP contribution in [0, 0.1) is 19.3 Å². The number of aryl methyl sites for hydroxylation is 1. The van der Waals surface area contributed by atoms with Crippen LogP contribution in [0.4, 0.5) is 0 Å². The fourth-order valence-corrected chi connectivity index (χ4v) is 7.93. The van der Waals surface area contributed by atoms with E-state index < -0.39 is 36.3 Å². The van der Waals surface area contributed by atoms with E-state index in [0.717, 1.165) is 5.56 Å². The molecule has 0 fully saturated rings. The van der Waals surface area contributed by atoms with Crippen molar-refractivity contribution in [2.75, 3.05) is 20.8 Å². The molecule has 0 amide bonds. The van der Waals surface area contributed by atoms with E-state index in [2.05, 4.69) is 15.0 Å². The minimum Gasteiger partial charge on any atom is -1.00 e. The summed E-state index contributed by atoms with van der Waals surface area (Å²) in [4.78, 5) is 24.5. The Kier molecular flexibility index (Phi) is 9.94. The van der Waals surface area contributed by atoms with Gasteiger partial charge in [-0.25, -0.2) is 18.4 Å². The van der Waals surface area contributed by atoms with Crippen molar-refractivity contribution in [2.45, 2.75) is 42.7 Å². The molecule has 220 valence electrons. The van der Waals surface area contributed by atoms with Crippen LogP contribution in [0.3, 0.4) is 0 Å². The summed E-state index contributed by atoms with van der Waals surface area (Å²) >= 11 is 0. The molecule has 0 saturated carbocycles. The van der Waals surface area contributed by atoms with E-state index in [0.29, 0.717) is 22.8 Å². The molecular formula is C28H32LiN3O8S2. The van der Waals surface area contributed by atoms with Gasteiger partial charge in [-0.1, -0.05) is 0 Å². The van der Waals surface area contributed by atoms with Crippen LogP contribution in [-0.4, -0.2) is 53.8 Å². The van der Waals surface area contributed by atoms with Crippen LogP contribution in [0.25, 0.3) is 0 Å². The van der Waals surface area contributed by atoms with E-state index in [1.54, 1.807) is 25.3 Å². The standard InChI is InChI=1S/C28H31N3O8S2.Li.H/c1-17-14-29-24(18(2)25(17)38-6)15-40(34)28(30-22-12-9-20(37-5)13-23(22)31-28)41(35,36)21-10-7-19(8-11-21)39-16-27(3,4)26(32)33;;/h7-14H,15-16H2,1-6H3,(H,32,33);;/q;+1;-1. The monoisotopic (exact) mass is 609 g/mol. The maximum absolute atomic E-state index is 14.2. The number of benzene rings is 2. The molecule has 0 aliphatic carbocycles. The second-order valence-electron chi connectivity index (χ2n) is 10.1. The van der Waals surface area contributed by atoms with E-state index >= 15 is 0 Å². The van der Waals surface area contributed by atoms with Gasteiger partial charge in [0.15, 0.2) is 0 Å². The second kappa shape index (κ2) is 12.5. The van der Waals surface area contributed by atoms with Gasteiger partial charge < -0.3 is 20.7 Å². The number of pyridine rings is 1. The van der Waals surface area contributed by atoms with Gasteiger partial charge in [0.05, 0.1) is 57.5 Å². The molecule has 1 N–H and O–H groups in total. The fraction of sp³-hybridized carbons (Fsp3) is 0.357. The number of sulfone groups is 1. The van der Waals surface area contributed by atoms with Crippen molar-refractivity contribution < 1.29 is 57.0 Å². The number of hydrogen-bond donors (Lipinski definition) is 1. The zero-order chi connectivity index (χ0) is 30.2. The molecule has 0 saturated heterocycles. The van der Waals surface area contributed by atoms with Crippen molar-refractivity contribution in [3.8, 4) is 17.2 Å². The Balaban J connectivity index is 0.00000323. The van der Waals surface area contributed by atoms with Gasteiger partial charge in [-0.15, -0.1) is 0 Å². The van der Waals surface area contributed by atoms with Crippen LogP contribution < -0.4 is 43.8 Å². The summed E-state index contributed by atoms with van der Waals surface area (Å²) in [6, 6.07) is 10.1. The summed E-state index contributed by atoms with van der Waals surface area (Å²) in [6.07, 6.45) is 1.58. The van der Waals surface area contributed by atoms with E-state index in [4.69, 9.17) is 14.2 Å². The number of carboxylic acid groups (broad SMARTS) is 1. The molecule has 11 nitrogen and oxygen atoms in total. The van der Waals surface area contributed by atoms with Crippen LogP contribution >= 0.6 is 0 Å². The van der Waals surface area contributed by atoms with Crippen LogP contribution in [0.5, 0.6) is 17.2 Å². The largest absolute Gasteiger partial charge is 1.00 e. The summed E-state index contributed by atoms with van der Waals surface area (Å²) in [5.41, 5.74) is 0.663. The summed E-state index contributed by atoms with van der Waals surface area (Å²) in [6.45, 7) is 6.50. The Bertz CT molecular complexity index is 1770. The molecule has 0 radical (unpaired) electrons. The number of carboxylic acids is 1. The van der Waals surface area contributed by atoms with Crippen molar-refractivity contribution in [2.24, 2.45) is 15.4 Å². The van der Waals surface area contributed by atoms with Crippen LogP contribution in [0.1, 0.15) is 32.1 Å². The number of hydrogen-bond acceptors (Lipinski definition) is 10. The topological polar surface area (TPSA) is 154 Å². The molecule has 3 aromatic rings. The Labute approximate surface area is 260 Å². The van der Waals surface area contributed by atoms with Gasteiger partial charge in [-0.2, -0.15) is 0 Å². The van der Waals surface area contributed by atoms with Crippen LogP contribution in [0.15, 0.2) is 63.5 Å². The number of nitrogens with zero attached hydrogens (tertiary/aromatic N) is 3. The van der Waals surface area contributed by atoms with Gasteiger partial charge in [0.1, 0.15) is 23.9 Å². The first-order valence-corrected chi connectivity index (χ1v) is 15.3. The van der Waals surface area contributed by atoms with E-state index in [-0.39, 0.29) is 54.0 Å². The average Bonchev–Trinajstić information content (AvgIpc) is 3.35. The third kappa shape index (κ3) is 6.10. The van der Waals surface area contributed by atoms with Gasteiger partial charge in [0.2, 0.25) is 9.84 Å². The molecular weight excluding hydrogens is 577 g/mol. The van der Waals surface area contributed by atoms with E-state index in [1.807, 2.05) is 6.92 Å². The first-order chi connectivity index (χ1) is 19.3. The maximum Gasteiger partial charge on any atom is 1.00 e. The molecule has 4 rings (SSSR count). The van der Waals surface area contributed by atoms with Crippen LogP contribution in [-0.2, 0) is 31.2 Å². The Morgan fingerprint density at radius 3 is 2.24 bits per heavy atom. The molecule has 1 aliphatic rings. The average molecular weight is 610 g/mol. The molecule has 0 bridgehead atoms. The third-order valence-electron chi connectivity index (χ3n) is 6.68. The van der Waals surface area contributed by atoms with Crippen molar-refractivity contribution in [1.29, 1.82) is 0 Å². The molecule has 2 unspecified atom stereocenters. The van der Waals surface area contributed by atoms with Crippen molar-refractivity contribution in [3.63, 3.8) is 0 Å². The first-order valence-electron chi connectivity index (χ1n) is 12.5. The fourth-order valence-electron chi connectivity index (χ4n) is 4.12. The second-order valence-corrected chi connectivity index (χ2v) is 14.0. The first kappa shape index (κ1) is 33.3. The normalized spacial score (nSPS) is 16.7. The number of ether oxygens (including phenoxy) is 3. The SMILES string of the molecule is COc1ccc2c(c1)=NC(S(=O)Cc1ncc(C)c(OC)c1C)(S(=O)(=O)c1ccc(OCC(C)(C)C(=O)O)cc1)N=2.[H-].[Li+]. The summed E-state index contributed by atoms with van der Waals surface area (Å²) in [5.74, 6) is -0.0103. The van der Waals surface area contributed by atoms with Crippen molar-refractivity contribution >= 4 is 26.6 Å². The molecule has 1 aromatic heterocycles.